The Bertz CT molecular complexity index is 359. The van der Waals surface area contributed by atoms with Gasteiger partial charge in [-0.15, -0.1) is 12.6 Å². The van der Waals surface area contributed by atoms with E-state index in [0.717, 1.165) is 0 Å². The molecule has 17 heavy (non-hydrogen) atoms. The fourth-order valence-corrected chi connectivity index (χ4v) is 1.79. The van der Waals surface area contributed by atoms with E-state index in [1.165, 1.54) is 0 Å². The summed E-state index contributed by atoms with van der Waals surface area (Å²) in [6, 6.07) is 0. The van der Waals surface area contributed by atoms with E-state index in [-0.39, 0.29) is 6.08 Å². The molecule has 0 aromatic heterocycles. The Hall–Kier alpha value is -0.790. The average Bonchev–Trinajstić information content (AvgIpc) is 2.20. The van der Waals surface area contributed by atoms with Crippen LogP contribution in [0.4, 0.5) is 22.0 Å². The van der Waals surface area contributed by atoms with E-state index < -0.39 is 41.5 Å². The van der Waals surface area contributed by atoms with Crippen LogP contribution in [0, 0.1) is 0 Å². The summed E-state index contributed by atoms with van der Waals surface area (Å²) >= 11 is 2.91. The molecule has 0 spiro atoms. The molecule has 0 aliphatic heterocycles. The summed E-state index contributed by atoms with van der Waals surface area (Å²) in [6.07, 6.45) is -4.01. The Morgan fingerprint density at radius 2 is 1.88 bits per heavy atom. The summed E-state index contributed by atoms with van der Waals surface area (Å²) in [7, 11) is 0. The van der Waals surface area contributed by atoms with Crippen molar-refractivity contribution in [2.45, 2.75) is 35.6 Å². The van der Waals surface area contributed by atoms with Crippen LogP contribution in [0.1, 0.15) is 12.8 Å². The smallest absolute Gasteiger partial charge is 0.328 e. The van der Waals surface area contributed by atoms with Gasteiger partial charge in [-0.05, 0) is 18.6 Å². The van der Waals surface area contributed by atoms with Crippen LogP contribution in [0.25, 0.3) is 0 Å². The van der Waals surface area contributed by atoms with Gasteiger partial charge in [0, 0.05) is 6.42 Å². The zero-order chi connectivity index (χ0) is 13.5. The molecular formula is C9H10F5NOS. The summed E-state index contributed by atoms with van der Waals surface area (Å²) in [6.45, 7) is 0. The van der Waals surface area contributed by atoms with Crippen LogP contribution >= 0.6 is 12.6 Å². The van der Waals surface area contributed by atoms with Crippen LogP contribution in [0.15, 0.2) is 12.2 Å². The summed E-state index contributed by atoms with van der Waals surface area (Å²) < 4.78 is 66.8. The molecule has 0 radical (unpaired) electrons. The second-order valence-corrected chi connectivity index (χ2v) is 4.45. The highest BCUT2D eigenvalue weighted by Gasteiger charge is 2.70. The van der Waals surface area contributed by atoms with Gasteiger partial charge >= 0.3 is 5.92 Å². The predicted octanol–water partition coefficient (Wildman–Crippen LogP) is 2.10. The second kappa shape index (κ2) is 4.15. The lowest BCUT2D eigenvalue weighted by atomic mass is 9.83. The van der Waals surface area contributed by atoms with E-state index in [0.29, 0.717) is 6.08 Å². The van der Waals surface area contributed by atoms with Crippen molar-refractivity contribution < 1.29 is 26.7 Å². The molecule has 0 saturated heterocycles. The van der Waals surface area contributed by atoms with Crippen LogP contribution in [-0.4, -0.2) is 28.7 Å². The zero-order valence-electron chi connectivity index (χ0n) is 8.47. The van der Waals surface area contributed by atoms with Gasteiger partial charge in [-0.1, -0.05) is 0 Å². The van der Waals surface area contributed by atoms with Crippen molar-refractivity contribution >= 4 is 18.5 Å². The molecule has 1 aliphatic rings. The normalized spacial score (nSPS) is 40.2. The van der Waals surface area contributed by atoms with Crippen molar-refractivity contribution in [3.05, 3.63) is 12.2 Å². The summed E-state index contributed by atoms with van der Waals surface area (Å²) in [5.41, 5.74) is 1.46. The van der Waals surface area contributed by atoms with E-state index >= 15 is 0 Å². The number of alkyl halides is 5. The lowest BCUT2D eigenvalue weighted by Crippen LogP contribution is -2.61. The summed E-state index contributed by atoms with van der Waals surface area (Å²) in [4.78, 5) is 10.4. The van der Waals surface area contributed by atoms with Gasteiger partial charge in [0.05, 0.1) is 0 Å². The molecule has 0 saturated carbocycles. The maximum atomic E-state index is 14.0. The molecule has 0 aromatic carbocycles. The fourth-order valence-electron chi connectivity index (χ4n) is 1.48. The number of hydrogen-bond donors (Lipinski definition) is 2. The second-order valence-electron chi connectivity index (χ2n) is 3.83. The first-order valence-electron chi connectivity index (χ1n) is 4.64. The Morgan fingerprint density at radius 1 is 1.35 bits per heavy atom. The van der Waals surface area contributed by atoms with Crippen LogP contribution in [0.2, 0.25) is 0 Å². The number of thiol groups is 1. The molecular weight excluding hydrogens is 265 g/mol. The molecule has 1 aliphatic carbocycles. The molecule has 1 amide bonds. The minimum atomic E-state index is -4.63. The first-order valence-corrected chi connectivity index (χ1v) is 5.09. The van der Waals surface area contributed by atoms with E-state index in [4.69, 9.17) is 5.73 Å². The lowest BCUT2D eigenvalue weighted by molar-refractivity contribution is -0.176. The molecule has 2 N–H and O–H groups in total. The number of rotatable bonds is 3. The van der Waals surface area contributed by atoms with Crippen LogP contribution < -0.4 is 5.73 Å². The maximum Gasteiger partial charge on any atom is 0.328 e. The molecule has 0 fully saturated rings. The molecule has 8 heteroatoms. The highest BCUT2D eigenvalue weighted by atomic mass is 32.1. The molecule has 2 nitrogen and oxygen atoms in total. The Morgan fingerprint density at radius 3 is 2.35 bits per heavy atom. The van der Waals surface area contributed by atoms with Crippen LogP contribution in [-0.2, 0) is 4.79 Å². The number of carbonyl (C=O) groups excluding carboxylic acids is 1. The Kier molecular flexibility index (Phi) is 3.48. The van der Waals surface area contributed by atoms with Gasteiger partial charge in [0.15, 0.2) is 11.8 Å². The number of amides is 1. The van der Waals surface area contributed by atoms with Crippen LogP contribution in [0.3, 0.4) is 0 Å². The zero-order valence-corrected chi connectivity index (χ0v) is 9.36. The monoisotopic (exact) mass is 275 g/mol. The summed E-state index contributed by atoms with van der Waals surface area (Å²) in [5.74, 6) is -5.61. The van der Waals surface area contributed by atoms with Gasteiger partial charge in [-0.2, -0.15) is 8.78 Å². The average molecular weight is 275 g/mol. The lowest BCUT2D eigenvalue weighted by Gasteiger charge is -2.42. The molecule has 98 valence electrons. The van der Waals surface area contributed by atoms with Crippen molar-refractivity contribution in [1.29, 1.82) is 0 Å². The highest BCUT2D eigenvalue weighted by Crippen LogP contribution is 2.54. The summed E-state index contributed by atoms with van der Waals surface area (Å²) in [5, 5.41) is -4.04. The third-order valence-corrected chi connectivity index (χ3v) is 3.27. The first kappa shape index (κ1) is 14.3. The van der Waals surface area contributed by atoms with Gasteiger partial charge in [-0.3, -0.25) is 4.79 Å². The van der Waals surface area contributed by atoms with E-state index in [1.807, 2.05) is 0 Å². The number of hydrogen-bond acceptors (Lipinski definition) is 2. The van der Waals surface area contributed by atoms with Crippen molar-refractivity contribution in [2.24, 2.45) is 5.73 Å². The molecule has 3 atom stereocenters. The fraction of sp³-hybridized carbons (Fsp3) is 0.667. The number of carbonyl (C=O) groups is 1. The number of primary amides is 1. The molecule has 0 aromatic rings. The number of nitrogens with two attached hydrogens (primary N) is 1. The number of allylic oxidation sites excluding steroid dienone is 2. The van der Waals surface area contributed by atoms with Crippen LogP contribution in [0.5, 0.6) is 0 Å². The van der Waals surface area contributed by atoms with Crippen molar-refractivity contribution in [3.63, 3.8) is 0 Å². The maximum absolute atomic E-state index is 14.0. The SMILES string of the molecule is NC(=O)CCC1(F)C=CC(F)C(F)(F)C1(F)S. The third-order valence-electron chi connectivity index (χ3n) is 2.60. The minimum absolute atomic E-state index is 0.217. The highest BCUT2D eigenvalue weighted by molar-refractivity contribution is 7.81. The Balaban J connectivity index is 3.07. The predicted molar refractivity (Wildman–Crippen MR) is 54.1 cm³/mol. The van der Waals surface area contributed by atoms with Gasteiger partial charge in [-0.25, -0.2) is 13.2 Å². The molecule has 3 unspecified atom stereocenters. The largest absolute Gasteiger partial charge is 0.370 e. The minimum Gasteiger partial charge on any atom is -0.370 e. The Labute approximate surface area is 99.4 Å². The van der Waals surface area contributed by atoms with Gasteiger partial charge in [0.1, 0.15) is 0 Å². The molecule has 1 rings (SSSR count). The standard InChI is InChI=1S/C9H10F5NOS/c10-5-1-3-7(11,4-2-6(15)16)9(14,17)8(5,12)13/h1,3,5,17H,2,4H2,(H2,15,16). The van der Waals surface area contributed by atoms with E-state index in [2.05, 4.69) is 12.6 Å². The molecule has 0 heterocycles. The quantitative estimate of drug-likeness (QED) is 0.462. The number of halogens is 5. The topological polar surface area (TPSA) is 43.1 Å². The first-order chi connectivity index (χ1) is 7.54. The van der Waals surface area contributed by atoms with Crippen molar-refractivity contribution in [3.8, 4) is 0 Å². The molecule has 0 bridgehead atoms. The van der Waals surface area contributed by atoms with E-state index in [9.17, 15) is 26.7 Å². The van der Waals surface area contributed by atoms with Gasteiger partial charge < -0.3 is 5.73 Å². The van der Waals surface area contributed by atoms with E-state index in [1.54, 1.807) is 0 Å². The third kappa shape index (κ3) is 2.14. The van der Waals surface area contributed by atoms with Gasteiger partial charge in [0.2, 0.25) is 5.91 Å². The van der Waals surface area contributed by atoms with Gasteiger partial charge in [0.25, 0.3) is 5.00 Å². The van der Waals surface area contributed by atoms with Crippen molar-refractivity contribution in [2.75, 3.05) is 0 Å². The van der Waals surface area contributed by atoms with Crippen molar-refractivity contribution in [1.82, 2.24) is 0 Å².